The summed E-state index contributed by atoms with van der Waals surface area (Å²) in [4.78, 5) is 12.5. The van der Waals surface area contributed by atoms with Crippen molar-refractivity contribution in [2.75, 3.05) is 19.6 Å². The summed E-state index contributed by atoms with van der Waals surface area (Å²) < 4.78 is 27.4. The molecule has 1 aliphatic heterocycles. The predicted molar refractivity (Wildman–Crippen MR) is 108 cm³/mol. The van der Waals surface area contributed by atoms with E-state index < -0.39 is 14.9 Å². The third kappa shape index (κ3) is 5.29. The number of hydrogen-bond donors (Lipinski definition) is 1. The highest BCUT2D eigenvalue weighted by Crippen LogP contribution is 2.22. The number of benzene rings is 2. The molecule has 9 heteroatoms. The average Bonchev–Trinajstić information content (AvgIpc) is 2.69. The first-order valence-electron chi connectivity index (χ1n) is 9.05. The standard InChI is InChI=1S/C19H22ClN3O4S/c20-19-4-2-1-3-16(19)14-22-11-9-15(10-12-22)13-21-28(26,27)18-7-5-17(6-8-18)23(24)25/h1-8,15,21H,9-14H2. The van der Waals surface area contributed by atoms with Gasteiger partial charge in [0.1, 0.15) is 0 Å². The van der Waals surface area contributed by atoms with Crippen LogP contribution in [0.3, 0.4) is 0 Å². The van der Waals surface area contributed by atoms with Crippen molar-refractivity contribution in [2.24, 2.45) is 5.92 Å². The maximum atomic E-state index is 12.4. The van der Waals surface area contributed by atoms with Gasteiger partial charge in [-0.2, -0.15) is 0 Å². The number of sulfonamides is 1. The Bertz CT molecular complexity index is 926. The fourth-order valence-electron chi connectivity index (χ4n) is 3.27. The van der Waals surface area contributed by atoms with Crippen LogP contribution in [0.15, 0.2) is 53.4 Å². The lowest BCUT2D eigenvalue weighted by Gasteiger charge is -2.32. The van der Waals surface area contributed by atoms with Crippen LogP contribution in [0.5, 0.6) is 0 Å². The first kappa shape index (κ1) is 20.7. The minimum atomic E-state index is -3.67. The number of non-ortho nitro benzene ring substituents is 1. The van der Waals surface area contributed by atoms with E-state index in [0.717, 1.165) is 43.1 Å². The Labute approximate surface area is 169 Å². The minimum Gasteiger partial charge on any atom is -0.299 e. The maximum absolute atomic E-state index is 12.4. The molecule has 0 unspecified atom stereocenters. The predicted octanol–water partition coefficient (Wildman–Crippen LogP) is 3.44. The molecular formula is C19H22ClN3O4S. The molecule has 0 saturated carbocycles. The second-order valence-electron chi connectivity index (χ2n) is 6.91. The molecule has 2 aromatic carbocycles. The molecule has 28 heavy (non-hydrogen) atoms. The Hall–Kier alpha value is -2.00. The number of nitrogens with zero attached hydrogens (tertiary/aromatic N) is 2. The highest BCUT2D eigenvalue weighted by molar-refractivity contribution is 7.89. The van der Waals surface area contributed by atoms with Gasteiger partial charge in [-0.1, -0.05) is 29.8 Å². The fourth-order valence-corrected chi connectivity index (χ4v) is 4.59. The second kappa shape index (κ2) is 9.00. The molecule has 1 heterocycles. The molecule has 1 aliphatic rings. The quantitative estimate of drug-likeness (QED) is 0.544. The molecule has 7 nitrogen and oxygen atoms in total. The van der Waals surface area contributed by atoms with E-state index in [0.29, 0.717) is 6.54 Å². The third-order valence-corrected chi connectivity index (χ3v) is 6.79. The lowest BCUT2D eigenvalue weighted by molar-refractivity contribution is -0.384. The average molecular weight is 424 g/mol. The molecule has 1 N–H and O–H groups in total. The first-order chi connectivity index (χ1) is 13.3. The molecule has 2 aromatic rings. The van der Waals surface area contributed by atoms with Gasteiger partial charge in [-0.25, -0.2) is 13.1 Å². The van der Waals surface area contributed by atoms with Crippen molar-refractivity contribution in [3.8, 4) is 0 Å². The van der Waals surface area contributed by atoms with Gasteiger partial charge in [0.25, 0.3) is 5.69 Å². The van der Waals surface area contributed by atoms with Crippen molar-refractivity contribution in [2.45, 2.75) is 24.3 Å². The first-order valence-corrected chi connectivity index (χ1v) is 10.9. The van der Waals surface area contributed by atoms with Crippen molar-refractivity contribution < 1.29 is 13.3 Å². The monoisotopic (exact) mass is 423 g/mol. The van der Waals surface area contributed by atoms with Crippen molar-refractivity contribution >= 4 is 27.3 Å². The zero-order chi connectivity index (χ0) is 20.1. The lowest BCUT2D eigenvalue weighted by Crippen LogP contribution is -2.38. The van der Waals surface area contributed by atoms with Gasteiger partial charge in [0.2, 0.25) is 10.0 Å². The number of nitrogens with one attached hydrogen (secondary N) is 1. The molecule has 0 aliphatic carbocycles. The number of rotatable bonds is 7. The van der Waals surface area contributed by atoms with E-state index in [9.17, 15) is 18.5 Å². The summed E-state index contributed by atoms with van der Waals surface area (Å²) in [5.41, 5.74) is 0.964. The van der Waals surface area contributed by atoms with Gasteiger partial charge in [-0.15, -0.1) is 0 Å². The van der Waals surface area contributed by atoms with E-state index in [2.05, 4.69) is 9.62 Å². The summed E-state index contributed by atoms with van der Waals surface area (Å²) in [6.45, 7) is 2.92. The Morgan fingerprint density at radius 2 is 1.75 bits per heavy atom. The van der Waals surface area contributed by atoms with Crippen LogP contribution in [0.1, 0.15) is 18.4 Å². The SMILES string of the molecule is O=[N+]([O-])c1ccc(S(=O)(=O)NCC2CCN(Cc3ccccc3Cl)CC2)cc1. The number of nitro benzene ring substituents is 1. The molecule has 1 saturated heterocycles. The Balaban J connectivity index is 1.49. The number of piperidine rings is 1. The summed E-state index contributed by atoms with van der Waals surface area (Å²) in [7, 11) is -3.67. The molecule has 0 bridgehead atoms. The zero-order valence-corrected chi connectivity index (χ0v) is 16.8. The van der Waals surface area contributed by atoms with Crippen molar-refractivity contribution in [1.82, 2.24) is 9.62 Å². The zero-order valence-electron chi connectivity index (χ0n) is 15.3. The van der Waals surface area contributed by atoms with Crippen molar-refractivity contribution in [1.29, 1.82) is 0 Å². The minimum absolute atomic E-state index is 0.0363. The van der Waals surface area contributed by atoms with E-state index in [1.54, 1.807) is 0 Å². The molecular weight excluding hydrogens is 402 g/mol. The molecule has 150 valence electrons. The van der Waals surface area contributed by atoms with Crippen LogP contribution in [0.2, 0.25) is 5.02 Å². The van der Waals surface area contributed by atoms with Gasteiger partial charge in [0, 0.05) is 30.2 Å². The maximum Gasteiger partial charge on any atom is 0.269 e. The largest absolute Gasteiger partial charge is 0.299 e. The normalized spacial score (nSPS) is 16.2. The third-order valence-electron chi connectivity index (χ3n) is 4.98. The van der Waals surface area contributed by atoms with E-state index in [1.807, 2.05) is 24.3 Å². The van der Waals surface area contributed by atoms with Crippen LogP contribution >= 0.6 is 11.6 Å². The molecule has 0 amide bonds. The highest BCUT2D eigenvalue weighted by Gasteiger charge is 2.22. The van der Waals surface area contributed by atoms with Crippen LogP contribution in [0, 0.1) is 16.0 Å². The number of hydrogen-bond acceptors (Lipinski definition) is 5. The van der Waals surface area contributed by atoms with Crippen LogP contribution in [-0.2, 0) is 16.6 Å². The van der Waals surface area contributed by atoms with E-state index in [1.165, 1.54) is 24.3 Å². The van der Waals surface area contributed by atoms with E-state index in [4.69, 9.17) is 11.6 Å². The van der Waals surface area contributed by atoms with E-state index >= 15 is 0 Å². The molecule has 0 radical (unpaired) electrons. The van der Waals surface area contributed by atoms with Crippen molar-refractivity contribution in [3.63, 3.8) is 0 Å². The topological polar surface area (TPSA) is 92.5 Å². The number of halogens is 1. The second-order valence-corrected chi connectivity index (χ2v) is 9.09. The molecule has 0 aromatic heterocycles. The Kier molecular flexibility index (Phi) is 6.66. The number of nitro groups is 1. The van der Waals surface area contributed by atoms with Crippen LogP contribution in [0.25, 0.3) is 0 Å². The lowest BCUT2D eigenvalue weighted by atomic mass is 9.97. The molecule has 3 rings (SSSR count). The highest BCUT2D eigenvalue weighted by atomic mass is 35.5. The molecule has 1 fully saturated rings. The van der Waals surface area contributed by atoms with Gasteiger partial charge in [0.05, 0.1) is 9.82 Å². The van der Waals surface area contributed by atoms with Crippen LogP contribution in [0.4, 0.5) is 5.69 Å². The van der Waals surface area contributed by atoms with Gasteiger partial charge in [-0.3, -0.25) is 15.0 Å². The van der Waals surface area contributed by atoms with Crippen LogP contribution in [-0.4, -0.2) is 37.9 Å². The van der Waals surface area contributed by atoms with Crippen molar-refractivity contribution in [3.05, 3.63) is 69.2 Å². The number of likely N-dealkylation sites (tertiary alicyclic amines) is 1. The smallest absolute Gasteiger partial charge is 0.269 e. The van der Waals surface area contributed by atoms with E-state index in [-0.39, 0.29) is 16.5 Å². The summed E-state index contributed by atoms with van der Waals surface area (Å²) in [6.07, 6.45) is 1.79. The van der Waals surface area contributed by atoms with Gasteiger partial charge in [-0.05, 0) is 55.6 Å². The fraction of sp³-hybridized carbons (Fsp3) is 0.368. The summed E-state index contributed by atoms with van der Waals surface area (Å²) in [5, 5.41) is 11.4. The Morgan fingerprint density at radius 1 is 1.11 bits per heavy atom. The Morgan fingerprint density at radius 3 is 2.36 bits per heavy atom. The van der Waals surface area contributed by atoms with Gasteiger partial charge < -0.3 is 0 Å². The summed E-state index contributed by atoms with van der Waals surface area (Å²) in [6, 6.07) is 12.7. The summed E-state index contributed by atoms with van der Waals surface area (Å²) >= 11 is 6.22. The van der Waals surface area contributed by atoms with Crippen LogP contribution < -0.4 is 4.72 Å². The molecule has 0 spiro atoms. The summed E-state index contributed by atoms with van der Waals surface area (Å²) in [5.74, 6) is 0.260. The molecule has 0 atom stereocenters. The van der Waals surface area contributed by atoms with Gasteiger partial charge in [0.15, 0.2) is 0 Å². The van der Waals surface area contributed by atoms with Gasteiger partial charge >= 0.3 is 0 Å².